The third kappa shape index (κ3) is 7.35. The first-order valence-electron chi connectivity index (χ1n) is 12.4. The summed E-state index contributed by atoms with van der Waals surface area (Å²) < 4.78 is 67.3. The molecule has 1 saturated heterocycles. The molecule has 0 unspecified atom stereocenters. The molecule has 1 aromatic carbocycles. The minimum Gasteiger partial charge on any atom is -0.393 e. The summed E-state index contributed by atoms with van der Waals surface area (Å²) in [5, 5.41) is 15.1. The van der Waals surface area contributed by atoms with E-state index in [1.54, 1.807) is 29.2 Å². The van der Waals surface area contributed by atoms with E-state index in [9.17, 15) is 31.5 Å². The Morgan fingerprint density at radius 3 is 2.45 bits per heavy atom. The summed E-state index contributed by atoms with van der Waals surface area (Å²) in [5.41, 5.74) is 0.0814. The number of alkyl halides is 3. The highest BCUT2D eigenvalue weighted by molar-refractivity contribution is 7.92. The van der Waals surface area contributed by atoms with Gasteiger partial charge < -0.3 is 20.6 Å². The SMILES string of the molecule is CCS(=O)(=O)Nc1ncccc1CNc1nc(Nc2ccc(C(=O)N3CCC(O)CC3)cc2)ncc1C(F)(F)F. The number of hydrogen-bond donors (Lipinski definition) is 4. The van der Waals surface area contributed by atoms with Crippen molar-refractivity contribution in [3.63, 3.8) is 0 Å². The van der Waals surface area contributed by atoms with Crippen LogP contribution >= 0.6 is 0 Å². The molecule has 0 aliphatic carbocycles. The molecule has 0 bridgehead atoms. The lowest BCUT2D eigenvalue weighted by Gasteiger charge is -2.29. The van der Waals surface area contributed by atoms with E-state index in [0.29, 0.717) is 48.9 Å². The maximum Gasteiger partial charge on any atom is 0.421 e. The molecule has 0 spiro atoms. The molecule has 214 valence electrons. The Labute approximate surface area is 228 Å². The van der Waals surface area contributed by atoms with E-state index < -0.39 is 33.7 Å². The van der Waals surface area contributed by atoms with Crippen LogP contribution in [0.2, 0.25) is 0 Å². The summed E-state index contributed by atoms with van der Waals surface area (Å²) in [6.45, 7) is 2.15. The molecule has 15 heteroatoms. The van der Waals surface area contributed by atoms with E-state index in [1.807, 2.05) is 0 Å². The predicted octanol–water partition coefficient (Wildman–Crippen LogP) is 3.60. The van der Waals surface area contributed by atoms with Crippen molar-refractivity contribution in [1.29, 1.82) is 0 Å². The fourth-order valence-corrected chi connectivity index (χ4v) is 4.56. The number of hydrogen-bond acceptors (Lipinski definition) is 9. The third-order valence-corrected chi connectivity index (χ3v) is 7.47. The van der Waals surface area contributed by atoms with Gasteiger partial charge in [0.15, 0.2) is 0 Å². The molecule has 3 heterocycles. The average molecular weight is 580 g/mol. The number of halogens is 3. The first-order chi connectivity index (χ1) is 18.9. The summed E-state index contributed by atoms with van der Waals surface area (Å²) in [7, 11) is -3.66. The molecule has 40 heavy (non-hydrogen) atoms. The highest BCUT2D eigenvalue weighted by atomic mass is 32.2. The Kier molecular flexibility index (Phi) is 8.73. The maximum absolute atomic E-state index is 13.7. The number of nitrogens with zero attached hydrogens (tertiary/aromatic N) is 4. The molecule has 11 nitrogen and oxygen atoms in total. The summed E-state index contributed by atoms with van der Waals surface area (Å²) in [5.74, 6) is -1.03. The molecule has 3 aromatic rings. The van der Waals surface area contributed by atoms with Crippen molar-refractivity contribution >= 4 is 39.2 Å². The van der Waals surface area contributed by atoms with Crippen LogP contribution in [-0.2, 0) is 22.7 Å². The van der Waals surface area contributed by atoms with Crippen LogP contribution in [0.25, 0.3) is 0 Å². The Bertz CT molecular complexity index is 1450. The number of pyridine rings is 1. The first-order valence-corrected chi connectivity index (χ1v) is 14.1. The zero-order chi connectivity index (χ0) is 28.9. The number of rotatable bonds is 9. The van der Waals surface area contributed by atoms with Gasteiger partial charge in [-0.2, -0.15) is 18.2 Å². The van der Waals surface area contributed by atoms with Gasteiger partial charge in [-0.25, -0.2) is 18.4 Å². The van der Waals surface area contributed by atoms with Gasteiger partial charge in [0.1, 0.15) is 17.2 Å². The molecule has 1 aliphatic heterocycles. The van der Waals surface area contributed by atoms with Crippen LogP contribution in [0.4, 0.5) is 36.4 Å². The number of benzene rings is 1. The van der Waals surface area contributed by atoms with Crippen LogP contribution in [0, 0.1) is 0 Å². The van der Waals surface area contributed by atoms with E-state index in [2.05, 4.69) is 30.3 Å². The number of carbonyl (C=O) groups is 1. The van der Waals surface area contributed by atoms with E-state index >= 15 is 0 Å². The van der Waals surface area contributed by atoms with Crippen LogP contribution in [0.1, 0.15) is 41.3 Å². The fourth-order valence-electron chi connectivity index (χ4n) is 3.93. The lowest BCUT2D eigenvalue weighted by Crippen LogP contribution is -2.40. The Hall–Kier alpha value is -3.98. The lowest BCUT2D eigenvalue weighted by atomic mass is 10.1. The monoisotopic (exact) mass is 579 g/mol. The first kappa shape index (κ1) is 29.0. The number of nitrogens with one attached hydrogen (secondary N) is 3. The number of likely N-dealkylation sites (tertiary alicyclic amines) is 1. The molecular weight excluding hydrogens is 551 g/mol. The second-order valence-electron chi connectivity index (χ2n) is 9.05. The third-order valence-electron chi connectivity index (χ3n) is 6.20. The molecule has 1 aliphatic rings. The average Bonchev–Trinajstić information content (AvgIpc) is 2.92. The van der Waals surface area contributed by atoms with Gasteiger partial charge in [-0.3, -0.25) is 9.52 Å². The zero-order valence-electron chi connectivity index (χ0n) is 21.4. The van der Waals surface area contributed by atoms with Crippen molar-refractivity contribution < 1.29 is 31.5 Å². The fraction of sp³-hybridized carbons (Fsp3) is 0.360. The molecule has 4 rings (SSSR count). The van der Waals surface area contributed by atoms with Crippen molar-refractivity contribution in [2.24, 2.45) is 0 Å². The number of sulfonamides is 1. The van der Waals surface area contributed by atoms with Crippen LogP contribution in [0.3, 0.4) is 0 Å². The van der Waals surface area contributed by atoms with Gasteiger partial charge in [0, 0.05) is 48.8 Å². The number of anilines is 4. The van der Waals surface area contributed by atoms with Gasteiger partial charge in [-0.05, 0) is 50.1 Å². The summed E-state index contributed by atoms with van der Waals surface area (Å²) >= 11 is 0. The van der Waals surface area contributed by atoms with Gasteiger partial charge in [-0.15, -0.1) is 0 Å². The van der Waals surface area contributed by atoms with Gasteiger partial charge >= 0.3 is 6.18 Å². The molecular formula is C25H28F3N7O4S. The van der Waals surface area contributed by atoms with E-state index in [0.717, 1.165) is 0 Å². The largest absolute Gasteiger partial charge is 0.421 e. The highest BCUT2D eigenvalue weighted by Crippen LogP contribution is 2.34. The van der Waals surface area contributed by atoms with E-state index in [-0.39, 0.29) is 30.0 Å². The molecule has 1 fully saturated rings. The zero-order valence-corrected chi connectivity index (χ0v) is 22.3. The standard InChI is InChI=1S/C25H28F3N7O4S/c1-2-40(38,39)34-21-17(4-3-11-29-21)14-30-22-20(25(26,27)28)15-31-24(33-22)32-18-7-5-16(6-8-18)23(37)35-12-9-19(36)10-13-35/h3-8,11,15,19,36H,2,9-10,12-14H2,1H3,(H,29,34)(H2,30,31,32,33). The van der Waals surface area contributed by atoms with Gasteiger partial charge in [0.25, 0.3) is 5.91 Å². The second kappa shape index (κ2) is 12.0. The Morgan fingerprint density at radius 2 is 1.80 bits per heavy atom. The minimum atomic E-state index is -4.76. The normalized spacial score (nSPS) is 14.6. The number of aromatic nitrogens is 3. The van der Waals surface area contributed by atoms with Crippen LogP contribution in [0.5, 0.6) is 0 Å². The molecule has 1 amide bonds. The Balaban J connectivity index is 1.50. The molecule has 4 N–H and O–H groups in total. The van der Waals surface area contributed by atoms with Crippen LogP contribution in [-0.4, -0.2) is 64.2 Å². The van der Waals surface area contributed by atoms with Crippen molar-refractivity contribution in [2.75, 3.05) is 34.2 Å². The van der Waals surface area contributed by atoms with Crippen molar-refractivity contribution in [1.82, 2.24) is 19.9 Å². The predicted molar refractivity (Wildman–Crippen MR) is 143 cm³/mol. The van der Waals surface area contributed by atoms with E-state index in [4.69, 9.17) is 0 Å². The van der Waals surface area contributed by atoms with Gasteiger partial charge in [0.05, 0.1) is 11.9 Å². The van der Waals surface area contributed by atoms with Crippen LogP contribution in [0.15, 0.2) is 48.8 Å². The summed E-state index contributed by atoms with van der Waals surface area (Å²) in [6, 6.07) is 9.39. The van der Waals surface area contributed by atoms with Crippen molar-refractivity contribution in [3.8, 4) is 0 Å². The number of aliphatic hydroxyl groups is 1. The Morgan fingerprint density at radius 1 is 1.10 bits per heavy atom. The summed E-state index contributed by atoms with van der Waals surface area (Å²) in [6.07, 6.45) is -2.12. The maximum atomic E-state index is 13.7. The number of aliphatic hydroxyl groups excluding tert-OH is 1. The van der Waals surface area contributed by atoms with Gasteiger partial charge in [-0.1, -0.05) is 6.07 Å². The molecule has 0 saturated carbocycles. The molecule has 0 atom stereocenters. The number of piperidine rings is 1. The van der Waals surface area contributed by atoms with Crippen molar-refractivity contribution in [2.45, 2.75) is 38.6 Å². The minimum absolute atomic E-state index is 0.00631. The highest BCUT2D eigenvalue weighted by Gasteiger charge is 2.35. The van der Waals surface area contributed by atoms with Gasteiger partial charge in [0.2, 0.25) is 16.0 Å². The second-order valence-corrected chi connectivity index (χ2v) is 11.1. The lowest BCUT2D eigenvalue weighted by molar-refractivity contribution is -0.137. The van der Waals surface area contributed by atoms with Crippen LogP contribution < -0.4 is 15.4 Å². The smallest absolute Gasteiger partial charge is 0.393 e. The number of amides is 1. The number of carbonyl (C=O) groups excluding carboxylic acids is 1. The van der Waals surface area contributed by atoms with E-state index in [1.165, 1.54) is 25.3 Å². The molecule has 0 radical (unpaired) electrons. The molecule has 2 aromatic heterocycles. The summed E-state index contributed by atoms with van der Waals surface area (Å²) in [4.78, 5) is 26.1. The quantitative estimate of drug-likeness (QED) is 0.298. The topological polar surface area (TPSA) is 149 Å². The van der Waals surface area contributed by atoms with Crippen molar-refractivity contribution in [3.05, 3.63) is 65.5 Å².